The van der Waals surface area contributed by atoms with Crippen molar-refractivity contribution in [3.63, 3.8) is 0 Å². The summed E-state index contributed by atoms with van der Waals surface area (Å²) in [6.07, 6.45) is 0. The van der Waals surface area contributed by atoms with Gasteiger partial charge in [0.15, 0.2) is 0 Å². The quantitative estimate of drug-likeness (QED) is 0.162. The van der Waals surface area contributed by atoms with Crippen LogP contribution in [0.3, 0.4) is 0 Å². The Kier molecular flexibility index (Phi) is 7.31. The molecule has 0 aliphatic rings. The lowest BCUT2D eigenvalue weighted by atomic mass is 10.00. The van der Waals surface area contributed by atoms with Crippen molar-refractivity contribution in [3.05, 3.63) is 218 Å². The molecule has 2 aromatic heterocycles. The summed E-state index contributed by atoms with van der Waals surface area (Å²) < 4.78 is 9.16. The zero-order valence-corrected chi connectivity index (χ0v) is 33.1. The van der Waals surface area contributed by atoms with Gasteiger partial charge in [0.05, 0.1) is 22.1 Å². The van der Waals surface area contributed by atoms with E-state index in [1.807, 2.05) is 0 Å². The van der Waals surface area contributed by atoms with Crippen molar-refractivity contribution in [2.75, 3.05) is 4.90 Å². The lowest BCUT2D eigenvalue weighted by Crippen LogP contribution is -2.10. The van der Waals surface area contributed by atoms with Gasteiger partial charge in [0, 0.05) is 44.0 Å². The molecule has 11 aromatic carbocycles. The van der Waals surface area contributed by atoms with Crippen LogP contribution in [0.1, 0.15) is 0 Å². The van der Waals surface area contributed by atoms with Crippen molar-refractivity contribution in [1.29, 1.82) is 0 Å². The summed E-state index contributed by atoms with van der Waals surface area (Å²) >= 11 is 0. The predicted octanol–water partition coefficient (Wildman–Crippen LogP) is 16.4. The van der Waals surface area contributed by atoms with Crippen LogP contribution in [0.25, 0.3) is 104 Å². The summed E-state index contributed by atoms with van der Waals surface area (Å²) in [5, 5.41) is 14.4. The van der Waals surface area contributed by atoms with Crippen molar-refractivity contribution in [2.24, 2.45) is 0 Å². The zero-order chi connectivity index (χ0) is 40.0. The lowest BCUT2D eigenvalue weighted by Gasteiger charge is -2.27. The molecule has 284 valence electrons. The summed E-state index contributed by atoms with van der Waals surface area (Å²) in [7, 11) is 0. The Morgan fingerprint density at radius 1 is 0.361 bits per heavy atom. The van der Waals surface area contributed by atoms with E-state index in [1.54, 1.807) is 0 Å². The van der Waals surface area contributed by atoms with Crippen molar-refractivity contribution in [2.45, 2.75) is 0 Å². The SMILES string of the molecule is c1ccc(-n2c3cc(-c4ccc(N(c5ccc6c(ccc7ccccc76)c5)c5cccc6oc7c8ccccc8ccc7c56)cc4)ccc3c3ccc4ccccc4c32)cc1. The third-order valence-corrected chi connectivity index (χ3v) is 12.7. The Morgan fingerprint density at radius 3 is 1.77 bits per heavy atom. The van der Waals surface area contributed by atoms with E-state index in [0.717, 1.165) is 55.6 Å². The number of benzene rings is 11. The number of anilines is 3. The Hall–Kier alpha value is -8.14. The van der Waals surface area contributed by atoms with Crippen LogP contribution in [-0.4, -0.2) is 4.57 Å². The van der Waals surface area contributed by atoms with E-state index in [-0.39, 0.29) is 0 Å². The molecule has 3 nitrogen and oxygen atoms in total. The Bertz CT molecular complexity index is 3880. The second-order valence-electron chi connectivity index (χ2n) is 16.1. The van der Waals surface area contributed by atoms with Crippen LogP contribution in [0.15, 0.2) is 223 Å². The molecule has 2 heterocycles. The minimum absolute atomic E-state index is 0.868. The van der Waals surface area contributed by atoms with Crippen LogP contribution in [0, 0.1) is 0 Å². The molecule has 3 heteroatoms. The van der Waals surface area contributed by atoms with Crippen LogP contribution < -0.4 is 4.90 Å². The van der Waals surface area contributed by atoms with Crippen molar-refractivity contribution in [1.82, 2.24) is 4.57 Å². The van der Waals surface area contributed by atoms with Gasteiger partial charge in [-0.1, -0.05) is 158 Å². The number of hydrogen-bond donors (Lipinski definition) is 0. The molecule has 0 aliphatic carbocycles. The van der Waals surface area contributed by atoms with Gasteiger partial charge in [0.2, 0.25) is 0 Å². The molecule has 0 saturated carbocycles. The normalized spacial score (nSPS) is 11.9. The van der Waals surface area contributed by atoms with Gasteiger partial charge in [-0.15, -0.1) is 0 Å². The van der Waals surface area contributed by atoms with Gasteiger partial charge in [0.25, 0.3) is 0 Å². The Labute approximate surface area is 351 Å². The van der Waals surface area contributed by atoms with Gasteiger partial charge < -0.3 is 13.9 Å². The van der Waals surface area contributed by atoms with Gasteiger partial charge in [-0.25, -0.2) is 0 Å². The summed E-state index contributed by atoms with van der Waals surface area (Å²) in [5.41, 5.74) is 10.9. The van der Waals surface area contributed by atoms with Crippen LogP contribution in [0.4, 0.5) is 17.1 Å². The van der Waals surface area contributed by atoms with Crippen molar-refractivity contribution < 1.29 is 4.42 Å². The molecule has 0 aliphatic heterocycles. The smallest absolute Gasteiger partial charge is 0.143 e. The first-order valence-corrected chi connectivity index (χ1v) is 20.9. The highest BCUT2D eigenvalue weighted by Gasteiger charge is 2.22. The molecular formula is C58H36N2O. The fraction of sp³-hybridized carbons (Fsp3) is 0. The van der Waals surface area contributed by atoms with E-state index in [4.69, 9.17) is 4.42 Å². The van der Waals surface area contributed by atoms with Crippen LogP contribution >= 0.6 is 0 Å². The fourth-order valence-electron chi connectivity index (χ4n) is 9.89. The molecule has 0 saturated heterocycles. The maximum absolute atomic E-state index is 6.72. The molecule has 0 unspecified atom stereocenters. The second-order valence-corrected chi connectivity index (χ2v) is 16.1. The summed E-state index contributed by atoms with van der Waals surface area (Å²) in [4.78, 5) is 2.40. The van der Waals surface area contributed by atoms with E-state index >= 15 is 0 Å². The van der Waals surface area contributed by atoms with E-state index in [2.05, 4.69) is 228 Å². The van der Waals surface area contributed by atoms with Gasteiger partial charge in [0.1, 0.15) is 11.2 Å². The second kappa shape index (κ2) is 13.2. The van der Waals surface area contributed by atoms with Crippen LogP contribution in [0.5, 0.6) is 0 Å². The molecule has 13 aromatic rings. The monoisotopic (exact) mass is 776 g/mol. The molecule has 0 amide bonds. The predicted molar refractivity (Wildman–Crippen MR) is 258 cm³/mol. The highest BCUT2D eigenvalue weighted by atomic mass is 16.3. The summed E-state index contributed by atoms with van der Waals surface area (Å²) in [6.45, 7) is 0. The number of para-hydroxylation sites is 1. The van der Waals surface area contributed by atoms with E-state index in [0.29, 0.717) is 0 Å². The maximum Gasteiger partial charge on any atom is 0.143 e. The molecule has 0 N–H and O–H groups in total. The van der Waals surface area contributed by atoms with Crippen LogP contribution in [-0.2, 0) is 0 Å². The van der Waals surface area contributed by atoms with Crippen molar-refractivity contribution >= 4 is 104 Å². The third-order valence-electron chi connectivity index (χ3n) is 12.7. The molecular weight excluding hydrogens is 741 g/mol. The van der Waals surface area contributed by atoms with Crippen LogP contribution in [0.2, 0.25) is 0 Å². The topological polar surface area (TPSA) is 21.3 Å². The minimum Gasteiger partial charge on any atom is -0.455 e. The van der Waals surface area contributed by atoms with Gasteiger partial charge >= 0.3 is 0 Å². The first kappa shape index (κ1) is 33.8. The van der Waals surface area contributed by atoms with Crippen molar-refractivity contribution in [3.8, 4) is 16.8 Å². The highest BCUT2D eigenvalue weighted by molar-refractivity contribution is 6.21. The average molecular weight is 777 g/mol. The largest absolute Gasteiger partial charge is 0.455 e. The Balaban J connectivity index is 1.00. The molecule has 0 radical (unpaired) electrons. The standard InChI is InChI=1S/C58H36N2O/c1-2-14-43(15-3-1)60-54-36-41(27-31-50(54)51-32-25-39-12-5-8-17-48(39)57(51)60)37-23-28-44(29-24-37)59(45-30-34-47-42(35-45)22-21-38-11-4-7-16-46(38)47)53-19-10-20-55-56(53)52-33-26-40-13-6-9-18-49(40)58(52)61-55/h1-36H. The van der Waals surface area contributed by atoms with Gasteiger partial charge in [-0.2, -0.15) is 0 Å². The molecule has 0 fully saturated rings. The van der Waals surface area contributed by atoms with E-state index < -0.39 is 0 Å². The summed E-state index contributed by atoms with van der Waals surface area (Å²) in [6, 6.07) is 79.3. The summed E-state index contributed by atoms with van der Waals surface area (Å²) in [5.74, 6) is 0. The van der Waals surface area contributed by atoms with Gasteiger partial charge in [-0.3, -0.25) is 0 Å². The van der Waals surface area contributed by atoms with Gasteiger partial charge in [-0.05, 0) is 104 Å². The number of furan rings is 1. The number of nitrogens with zero attached hydrogens (tertiary/aromatic N) is 2. The number of hydrogen-bond acceptors (Lipinski definition) is 2. The molecule has 0 atom stereocenters. The number of rotatable bonds is 5. The molecule has 0 spiro atoms. The highest BCUT2D eigenvalue weighted by Crippen LogP contribution is 2.46. The fourth-order valence-corrected chi connectivity index (χ4v) is 9.89. The number of fused-ring (bicyclic) bond motifs is 13. The number of aromatic nitrogens is 1. The molecule has 61 heavy (non-hydrogen) atoms. The zero-order valence-electron chi connectivity index (χ0n) is 33.1. The maximum atomic E-state index is 6.72. The lowest BCUT2D eigenvalue weighted by molar-refractivity contribution is 0.672. The molecule has 13 rings (SSSR count). The first-order valence-electron chi connectivity index (χ1n) is 20.9. The van der Waals surface area contributed by atoms with E-state index in [9.17, 15) is 0 Å². The minimum atomic E-state index is 0.868. The average Bonchev–Trinajstić information content (AvgIpc) is 3.89. The molecule has 0 bridgehead atoms. The van der Waals surface area contributed by atoms with E-state index in [1.165, 1.54) is 65.1 Å². The Morgan fingerprint density at radius 2 is 0.951 bits per heavy atom. The first-order chi connectivity index (χ1) is 30.2. The third kappa shape index (κ3) is 5.17.